The van der Waals surface area contributed by atoms with E-state index in [0.717, 1.165) is 36.1 Å². The van der Waals surface area contributed by atoms with Gasteiger partial charge in [-0.05, 0) is 25.8 Å². The van der Waals surface area contributed by atoms with Crippen molar-refractivity contribution in [2.45, 2.75) is 32.2 Å². The normalized spacial score (nSPS) is 14.3. The minimum absolute atomic E-state index is 0.551. The van der Waals surface area contributed by atoms with Gasteiger partial charge in [-0.15, -0.1) is 0 Å². The van der Waals surface area contributed by atoms with Crippen LogP contribution in [0.25, 0.3) is 0 Å². The van der Waals surface area contributed by atoms with E-state index in [1.54, 1.807) is 12.5 Å². The van der Waals surface area contributed by atoms with Crippen molar-refractivity contribution in [2.24, 2.45) is 0 Å². The summed E-state index contributed by atoms with van der Waals surface area (Å²) in [5, 5.41) is 3.29. The molecule has 20 heavy (non-hydrogen) atoms. The maximum absolute atomic E-state index is 5.11. The van der Waals surface area contributed by atoms with Gasteiger partial charge in [-0.3, -0.25) is 0 Å². The first-order valence-electron chi connectivity index (χ1n) is 7.11. The molecule has 0 spiro atoms. The molecule has 0 saturated heterocycles. The third kappa shape index (κ3) is 2.92. The molecule has 0 aromatic carbocycles. The number of nitrogens with zero attached hydrogens (tertiary/aromatic N) is 3. The largest absolute Gasteiger partial charge is 0.472 e. The highest BCUT2D eigenvalue weighted by molar-refractivity contribution is 5.49. The summed E-state index contributed by atoms with van der Waals surface area (Å²) >= 11 is 0. The van der Waals surface area contributed by atoms with Crippen LogP contribution in [-0.4, -0.2) is 23.6 Å². The van der Waals surface area contributed by atoms with Crippen LogP contribution in [0.15, 0.2) is 29.1 Å². The highest BCUT2D eigenvalue weighted by Crippen LogP contribution is 2.39. The van der Waals surface area contributed by atoms with Crippen molar-refractivity contribution in [2.75, 3.05) is 23.8 Å². The average molecular weight is 272 g/mol. The van der Waals surface area contributed by atoms with Crippen molar-refractivity contribution in [3.8, 4) is 0 Å². The maximum Gasteiger partial charge on any atom is 0.136 e. The number of hydrogen-bond acceptors (Lipinski definition) is 5. The van der Waals surface area contributed by atoms with Crippen molar-refractivity contribution in [3.05, 3.63) is 36.0 Å². The third-order valence-corrected chi connectivity index (χ3v) is 3.42. The second-order valence-electron chi connectivity index (χ2n) is 5.26. The van der Waals surface area contributed by atoms with E-state index in [2.05, 4.69) is 22.1 Å². The Morgan fingerprint density at radius 1 is 1.40 bits per heavy atom. The third-order valence-electron chi connectivity index (χ3n) is 3.42. The van der Waals surface area contributed by atoms with E-state index < -0.39 is 0 Å². The summed E-state index contributed by atoms with van der Waals surface area (Å²) in [6.45, 7) is 3.73. The lowest BCUT2D eigenvalue weighted by molar-refractivity contribution is 0.563. The molecule has 5 nitrogen and oxygen atoms in total. The standard InChI is InChI=1S/C15H20N4O/c1-3-16-13-8-14(18-15(17-13)12-4-5-12)19(2)9-11-6-7-20-10-11/h6-8,10,12H,3-5,9H2,1-2H3,(H,16,17,18). The summed E-state index contributed by atoms with van der Waals surface area (Å²) in [5.74, 6) is 3.39. The fraction of sp³-hybridized carbons (Fsp3) is 0.467. The molecule has 2 aromatic heterocycles. The summed E-state index contributed by atoms with van der Waals surface area (Å²) in [5.41, 5.74) is 1.14. The molecule has 1 aliphatic rings. The van der Waals surface area contributed by atoms with E-state index in [1.807, 2.05) is 19.2 Å². The molecule has 0 aliphatic heterocycles. The van der Waals surface area contributed by atoms with Gasteiger partial charge in [0.15, 0.2) is 0 Å². The molecule has 1 aliphatic carbocycles. The molecule has 1 fully saturated rings. The van der Waals surface area contributed by atoms with Crippen LogP contribution in [0.1, 0.15) is 37.1 Å². The van der Waals surface area contributed by atoms with Gasteiger partial charge in [0.1, 0.15) is 17.5 Å². The summed E-state index contributed by atoms with van der Waals surface area (Å²) in [6.07, 6.45) is 5.88. The predicted molar refractivity (Wildman–Crippen MR) is 79.0 cm³/mol. The first-order chi connectivity index (χ1) is 9.76. The average Bonchev–Trinajstić information content (AvgIpc) is 3.18. The van der Waals surface area contributed by atoms with Crippen molar-refractivity contribution in [1.29, 1.82) is 0 Å². The fourth-order valence-electron chi connectivity index (χ4n) is 2.18. The van der Waals surface area contributed by atoms with Crippen molar-refractivity contribution < 1.29 is 4.42 Å². The second kappa shape index (κ2) is 5.53. The zero-order chi connectivity index (χ0) is 13.9. The lowest BCUT2D eigenvalue weighted by Gasteiger charge is -2.19. The van der Waals surface area contributed by atoms with Crippen LogP contribution in [0, 0.1) is 0 Å². The molecule has 0 amide bonds. The van der Waals surface area contributed by atoms with E-state index in [9.17, 15) is 0 Å². The van der Waals surface area contributed by atoms with E-state index >= 15 is 0 Å². The van der Waals surface area contributed by atoms with Gasteiger partial charge in [0.25, 0.3) is 0 Å². The molecule has 0 atom stereocenters. The van der Waals surface area contributed by atoms with Gasteiger partial charge in [-0.1, -0.05) is 0 Å². The Bertz CT molecular complexity index is 563. The summed E-state index contributed by atoms with van der Waals surface area (Å²) in [7, 11) is 2.04. The minimum Gasteiger partial charge on any atom is -0.472 e. The van der Waals surface area contributed by atoms with Gasteiger partial charge in [-0.2, -0.15) is 0 Å². The maximum atomic E-state index is 5.11. The van der Waals surface area contributed by atoms with Crippen molar-refractivity contribution >= 4 is 11.6 Å². The lowest BCUT2D eigenvalue weighted by Crippen LogP contribution is -2.19. The monoisotopic (exact) mass is 272 g/mol. The van der Waals surface area contributed by atoms with Crippen LogP contribution in [0.4, 0.5) is 11.6 Å². The predicted octanol–water partition coefficient (Wildman–Crippen LogP) is 3.02. The molecule has 2 aromatic rings. The SMILES string of the molecule is CCNc1cc(N(C)Cc2ccoc2)nc(C2CC2)n1. The summed E-state index contributed by atoms with van der Waals surface area (Å²) < 4.78 is 5.11. The van der Waals surface area contributed by atoms with Gasteiger partial charge in [0.2, 0.25) is 0 Å². The Kier molecular flexibility index (Phi) is 3.58. The zero-order valence-electron chi connectivity index (χ0n) is 12.0. The topological polar surface area (TPSA) is 54.2 Å². The van der Waals surface area contributed by atoms with Crippen LogP contribution in [0.3, 0.4) is 0 Å². The van der Waals surface area contributed by atoms with Gasteiger partial charge < -0.3 is 14.6 Å². The Morgan fingerprint density at radius 3 is 2.90 bits per heavy atom. The van der Waals surface area contributed by atoms with Crippen LogP contribution < -0.4 is 10.2 Å². The highest BCUT2D eigenvalue weighted by Gasteiger charge is 2.27. The van der Waals surface area contributed by atoms with Crippen molar-refractivity contribution in [1.82, 2.24) is 9.97 Å². The molecule has 5 heteroatoms. The quantitative estimate of drug-likeness (QED) is 0.876. The Morgan fingerprint density at radius 2 is 2.25 bits per heavy atom. The van der Waals surface area contributed by atoms with Gasteiger partial charge in [-0.25, -0.2) is 9.97 Å². The number of nitrogens with one attached hydrogen (secondary N) is 1. The van der Waals surface area contributed by atoms with Crippen LogP contribution in [-0.2, 0) is 6.54 Å². The molecule has 2 heterocycles. The molecule has 0 unspecified atom stereocenters. The molecular weight excluding hydrogens is 252 g/mol. The number of furan rings is 1. The Balaban J connectivity index is 1.82. The molecule has 1 N–H and O–H groups in total. The molecule has 0 bridgehead atoms. The Hall–Kier alpha value is -2.04. The second-order valence-corrected chi connectivity index (χ2v) is 5.26. The van der Waals surface area contributed by atoms with Gasteiger partial charge in [0.05, 0.1) is 12.5 Å². The van der Waals surface area contributed by atoms with Gasteiger partial charge >= 0.3 is 0 Å². The fourth-order valence-corrected chi connectivity index (χ4v) is 2.18. The minimum atomic E-state index is 0.551. The van der Waals surface area contributed by atoms with E-state index in [1.165, 1.54) is 12.8 Å². The summed E-state index contributed by atoms with van der Waals surface area (Å²) in [4.78, 5) is 11.4. The number of anilines is 2. The van der Waals surface area contributed by atoms with Crippen molar-refractivity contribution in [3.63, 3.8) is 0 Å². The number of rotatable bonds is 6. The van der Waals surface area contributed by atoms with E-state index in [4.69, 9.17) is 9.40 Å². The molecular formula is C15H20N4O. The van der Waals surface area contributed by atoms with E-state index in [0.29, 0.717) is 5.92 Å². The number of hydrogen-bond donors (Lipinski definition) is 1. The van der Waals surface area contributed by atoms with Crippen LogP contribution in [0.5, 0.6) is 0 Å². The molecule has 3 rings (SSSR count). The number of aromatic nitrogens is 2. The zero-order valence-corrected chi connectivity index (χ0v) is 12.0. The molecule has 1 saturated carbocycles. The van der Waals surface area contributed by atoms with Crippen LogP contribution >= 0.6 is 0 Å². The molecule has 106 valence electrons. The summed E-state index contributed by atoms with van der Waals surface area (Å²) in [6, 6.07) is 3.99. The smallest absolute Gasteiger partial charge is 0.136 e. The Labute approximate surface area is 119 Å². The van der Waals surface area contributed by atoms with Gasteiger partial charge in [0, 0.05) is 37.7 Å². The molecule has 0 radical (unpaired) electrons. The van der Waals surface area contributed by atoms with Crippen LogP contribution in [0.2, 0.25) is 0 Å². The lowest BCUT2D eigenvalue weighted by atomic mass is 10.3. The first kappa shape index (κ1) is 13.0. The first-order valence-corrected chi connectivity index (χ1v) is 7.11. The highest BCUT2D eigenvalue weighted by atomic mass is 16.3. The van der Waals surface area contributed by atoms with E-state index in [-0.39, 0.29) is 0 Å².